The van der Waals surface area contributed by atoms with Crippen molar-refractivity contribution in [1.82, 2.24) is 0 Å². The molecule has 0 spiro atoms. The van der Waals surface area contributed by atoms with Crippen molar-refractivity contribution >= 4 is 17.4 Å². The maximum Gasteiger partial charge on any atom is 0.163 e. The lowest BCUT2D eigenvalue weighted by Crippen LogP contribution is -2.16. The molecular formula is C16H13ClO. The van der Waals surface area contributed by atoms with Crippen molar-refractivity contribution in [3.8, 4) is 0 Å². The van der Waals surface area contributed by atoms with Gasteiger partial charge in [-0.3, -0.25) is 4.79 Å². The summed E-state index contributed by atoms with van der Waals surface area (Å²) in [5, 5.41) is 0.784. The molecule has 0 amide bonds. The van der Waals surface area contributed by atoms with Gasteiger partial charge in [-0.05, 0) is 23.6 Å². The first-order valence-corrected chi connectivity index (χ1v) is 6.51. The predicted molar refractivity (Wildman–Crippen MR) is 73.3 cm³/mol. The number of rotatable bonds is 1. The first-order valence-electron chi connectivity index (χ1n) is 6.14. The molecule has 0 N–H and O–H groups in total. The van der Waals surface area contributed by atoms with Crippen LogP contribution >= 0.6 is 11.6 Å². The quantitative estimate of drug-likeness (QED) is 0.737. The van der Waals surface area contributed by atoms with E-state index in [1.54, 1.807) is 0 Å². The summed E-state index contributed by atoms with van der Waals surface area (Å²) < 4.78 is 0. The highest BCUT2D eigenvalue weighted by Gasteiger charge is 2.27. The standard InChI is InChI=1S/C16H13ClO/c17-15-8-4-3-6-13(15)12-9-10-16(18)14-7-2-1-5-11(12)14/h1-8,12H,9-10H2. The molecule has 90 valence electrons. The fraction of sp³-hybridized carbons (Fsp3) is 0.188. The van der Waals surface area contributed by atoms with Crippen molar-refractivity contribution in [3.63, 3.8) is 0 Å². The Hall–Kier alpha value is -1.60. The van der Waals surface area contributed by atoms with Crippen LogP contribution in [0.4, 0.5) is 0 Å². The summed E-state index contributed by atoms with van der Waals surface area (Å²) in [7, 11) is 0. The van der Waals surface area contributed by atoms with Gasteiger partial charge in [-0.2, -0.15) is 0 Å². The number of fused-ring (bicyclic) bond motifs is 1. The van der Waals surface area contributed by atoms with Crippen LogP contribution in [0, 0.1) is 0 Å². The normalized spacial score (nSPS) is 18.5. The van der Waals surface area contributed by atoms with Gasteiger partial charge < -0.3 is 0 Å². The molecule has 1 nitrogen and oxygen atoms in total. The number of Topliss-reactive ketones (excluding diaryl/α,β-unsaturated/α-hetero) is 1. The number of carbonyl (C=O) groups is 1. The Bertz CT molecular complexity index is 604. The van der Waals surface area contributed by atoms with E-state index in [1.807, 2.05) is 42.5 Å². The molecule has 1 atom stereocenters. The lowest BCUT2D eigenvalue weighted by Gasteiger charge is -2.25. The minimum atomic E-state index is 0.243. The number of halogens is 1. The van der Waals surface area contributed by atoms with E-state index in [1.165, 1.54) is 0 Å². The molecule has 0 saturated heterocycles. The fourth-order valence-corrected chi connectivity index (χ4v) is 2.97. The summed E-state index contributed by atoms with van der Waals surface area (Å²) >= 11 is 6.28. The van der Waals surface area contributed by atoms with E-state index >= 15 is 0 Å². The van der Waals surface area contributed by atoms with Gasteiger partial charge in [-0.1, -0.05) is 54.1 Å². The number of hydrogen-bond donors (Lipinski definition) is 0. The lowest BCUT2D eigenvalue weighted by molar-refractivity contribution is 0.0969. The summed E-state index contributed by atoms with van der Waals surface area (Å²) in [6, 6.07) is 15.8. The van der Waals surface area contributed by atoms with Gasteiger partial charge in [0.25, 0.3) is 0 Å². The first kappa shape index (κ1) is 11.5. The molecule has 1 aliphatic carbocycles. The molecular weight excluding hydrogens is 244 g/mol. The van der Waals surface area contributed by atoms with Crippen LogP contribution in [0.3, 0.4) is 0 Å². The smallest absolute Gasteiger partial charge is 0.163 e. The van der Waals surface area contributed by atoms with Crippen LogP contribution in [-0.4, -0.2) is 5.78 Å². The van der Waals surface area contributed by atoms with Gasteiger partial charge in [0.1, 0.15) is 0 Å². The van der Waals surface area contributed by atoms with Gasteiger partial charge in [0.15, 0.2) is 5.78 Å². The molecule has 18 heavy (non-hydrogen) atoms. The number of hydrogen-bond acceptors (Lipinski definition) is 1. The van der Waals surface area contributed by atoms with Crippen molar-refractivity contribution < 1.29 is 4.79 Å². The molecule has 2 heteroatoms. The number of benzene rings is 2. The first-order chi connectivity index (χ1) is 8.77. The highest BCUT2D eigenvalue weighted by atomic mass is 35.5. The monoisotopic (exact) mass is 256 g/mol. The Morgan fingerprint density at radius 2 is 1.61 bits per heavy atom. The van der Waals surface area contributed by atoms with E-state index in [0.29, 0.717) is 6.42 Å². The van der Waals surface area contributed by atoms with Crippen LogP contribution < -0.4 is 0 Å². The zero-order chi connectivity index (χ0) is 12.5. The van der Waals surface area contributed by atoms with Crippen molar-refractivity contribution in [2.75, 3.05) is 0 Å². The van der Waals surface area contributed by atoms with E-state index in [9.17, 15) is 4.79 Å². The fourth-order valence-electron chi connectivity index (χ4n) is 2.70. The Labute approximate surface area is 111 Å². The third kappa shape index (κ3) is 1.85. The van der Waals surface area contributed by atoms with Crippen LogP contribution in [0.25, 0.3) is 0 Å². The minimum absolute atomic E-state index is 0.243. The third-order valence-corrected chi connectivity index (χ3v) is 3.92. The van der Waals surface area contributed by atoms with Crippen molar-refractivity contribution in [2.45, 2.75) is 18.8 Å². The summed E-state index contributed by atoms with van der Waals surface area (Å²) in [4.78, 5) is 11.9. The van der Waals surface area contributed by atoms with Gasteiger partial charge in [-0.25, -0.2) is 0 Å². The van der Waals surface area contributed by atoms with Gasteiger partial charge in [0.2, 0.25) is 0 Å². The number of ketones is 1. The highest BCUT2D eigenvalue weighted by molar-refractivity contribution is 6.31. The average Bonchev–Trinajstić information content (AvgIpc) is 2.41. The molecule has 0 heterocycles. The van der Waals surface area contributed by atoms with E-state index in [4.69, 9.17) is 11.6 Å². The molecule has 1 unspecified atom stereocenters. The van der Waals surface area contributed by atoms with E-state index in [-0.39, 0.29) is 11.7 Å². The van der Waals surface area contributed by atoms with E-state index in [0.717, 1.165) is 28.1 Å². The van der Waals surface area contributed by atoms with Crippen molar-refractivity contribution in [2.24, 2.45) is 0 Å². The maximum atomic E-state index is 11.9. The Morgan fingerprint density at radius 3 is 2.39 bits per heavy atom. The van der Waals surface area contributed by atoms with Gasteiger partial charge in [0.05, 0.1) is 0 Å². The second kappa shape index (κ2) is 4.58. The SMILES string of the molecule is O=C1CCC(c2ccccc2Cl)c2ccccc21. The van der Waals surface area contributed by atoms with Crippen LogP contribution in [0.15, 0.2) is 48.5 Å². The molecule has 0 radical (unpaired) electrons. The van der Waals surface area contributed by atoms with E-state index < -0.39 is 0 Å². The Morgan fingerprint density at radius 1 is 0.944 bits per heavy atom. The Balaban J connectivity index is 2.13. The zero-order valence-corrected chi connectivity index (χ0v) is 10.7. The molecule has 0 bridgehead atoms. The second-order valence-corrected chi connectivity index (χ2v) is 5.03. The van der Waals surface area contributed by atoms with Crippen LogP contribution in [0.5, 0.6) is 0 Å². The summed E-state index contributed by atoms with van der Waals surface area (Å²) in [6.45, 7) is 0. The zero-order valence-electron chi connectivity index (χ0n) is 9.90. The van der Waals surface area contributed by atoms with Crippen molar-refractivity contribution in [3.05, 3.63) is 70.2 Å². The molecule has 0 aromatic heterocycles. The molecule has 3 rings (SSSR count). The molecule has 2 aromatic carbocycles. The van der Waals surface area contributed by atoms with Gasteiger partial charge >= 0.3 is 0 Å². The predicted octanol–water partition coefficient (Wildman–Crippen LogP) is 4.45. The maximum absolute atomic E-state index is 11.9. The largest absolute Gasteiger partial charge is 0.294 e. The molecule has 0 fully saturated rings. The topological polar surface area (TPSA) is 17.1 Å². The summed E-state index contributed by atoms with van der Waals surface area (Å²) in [5.74, 6) is 0.488. The van der Waals surface area contributed by atoms with Crippen LogP contribution in [0.2, 0.25) is 5.02 Å². The lowest BCUT2D eigenvalue weighted by atomic mass is 9.78. The van der Waals surface area contributed by atoms with E-state index in [2.05, 4.69) is 6.07 Å². The minimum Gasteiger partial charge on any atom is -0.294 e. The van der Waals surface area contributed by atoms with Crippen molar-refractivity contribution in [1.29, 1.82) is 0 Å². The average molecular weight is 257 g/mol. The molecule has 0 saturated carbocycles. The second-order valence-electron chi connectivity index (χ2n) is 4.62. The molecule has 2 aromatic rings. The van der Waals surface area contributed by atoms with Gasteiger partial charge in [0, 0.05) is 22.9 Å². The molecule has 0 aliphatic heterocycles. The Kier molecular flexibility index (Phi) is 2.92. The highest BCUT2D eigenvalue weighted by Crippen LogP contribution is 2.39. The van der Waals surface area contributed by atoms with Gasteiger partial charge in [-0.15, -0.1) is 0 Å². The molecule has 1 aliphatic rings. The van der Waals surface area contributed by atoms with Crippen LogP contribution in [-0.2, 0) is 0 Å². The summed E-state index contributed by atoms with van der Waals surface area (Å²) in [6.07, 6.45) is 1.45. The van der Waals surface area contributed by atoms with Crippen LogP contribution in [0.1, 0.15) is 40.2 Å². The summed E-state index contributed by atoms with van der Waals surface area (Å²) in [5.41, 5.74) is 3.09. The number of carbonyl (C=O) groups excluding carboxylic acids is 1. The third-order valence-electron chi connectivity index (χ3n) is 3.58.